The molecule has 96 valence electrons. The average molecular weight is 243 g/mol. The fourth-order valence-corrected chi connectivity index (χ4v) is 2.54. The van der Waals surface area contributed by atoms with Crippen molar-refractivity contribution in [2.24, 2.45) is 5.41 Å². The van der Waals surface area contributed by atoms with Crippen LogP contribution < -0.4 is 5.32 Å². The zero-order chi connectivity index (χ0) is 13.0. The fourth-order valence-electron chi connectivity index (χ4n) is 2.54. The molecule has 3 nitrogen and oxygen atoms in total. The van der Waals surface area contributed by atoms with Crippen LogP contribution in [0.15, 0.2) is 18.3 Å². The Balaban J connectivity index is 1.87. The molecule has 0 atom stereocenters. The Morgan fingerprint density at radius 1 is 1.44 bits per heavy atom. The SMILES string of the molecule is CC1(C)CCC(NCc2cccnc2C#N)CC1. The highest BCUT2D eigenvalue weighted by Crippen LogP contribution is 2.35. The predicted molar refractivity (Wildman–Crippen MR) is 71.8 cm³/mol. The van der Waals surface area contributed by atoms with Crippen molar-refractivity contribution >= 4 is 0 Å². The van der Waals surface area contributed by atoms with Crippen LogP contribution in [-0.4, -0.2) is 11.0 Å². The van der Waals surface area contributed by atoms with Crippen molar-refractivity contribution in [2.75, 3.05) is 0 Å². The number of nitrogens with zero attached hydrogens (tertiary/aromatic N) is 2. The maximum Gasteiger partial charge on any atom is 0.144 e. The van der Waals surface area contributed by atoms with Crippen LogP contribution in [-0.2, 0) is 6.54 Å². The van der Waals surface area contributed by atoms with E-state index in [0.717, 1.165) is 12.1 Å². The van der Waals surface area contributed by atoms with E-state index in [2.05, 4.69) is 30.2 Å². The van der Waals surface area contributed by atoms with E-state index in [9.17, 15) is 0 Å². The summed E-state index contributed by atoms with van der Waals surface area (Å²) in [4.78, 5) is 4.08. The molecule has 0 unspecified atom stereocenters. The van der Waals surface area contributed by atoms with Crippen LogP contribution in [0.2, 0.25) is 0 Å². The van der Waals surface area contributed by atoms with Gasteiger partial charge in [-0.3, -0.25) is 0 Å². The van der Waals surface area contributed by atoms with E-state index >= 15 is 0 Å². The summed E-state index contributed by atoms with van der Waals surface area (Å²) in [7, 11) is 0. The first kappa shape index (κ1) is 13.0. The van der Waals surface area contributed by atoms with Gasteiger partial charge in [-0.05, 0) is 37.2 Å². The third kappa shape index (κ3) is 3.30. The molecular weight excluding hydrogens is 222 g/mol. The van der Waals surface area contributed by atoms with Gasteiger partial charge in [0.1, 0.15) is 11.8 Å². The Bertz CT molecular complexity index is 435. The summed E-state index contributed by atoms with van der Waals surface area (Å²) < 4.78 is 0. The van der Waals surface area contributed by atoms with Crippen LogP contribution in [0.1, 0.15) is 50.8 Å². The number of hydrogen-bond acceptors (Lipinski definition) is 3. The normalized spacial score (nSPS) is 19.4. The van der Waals surface area contributed by atoms with Crippen molar-refractivity contribution in [3.8, 4) is 6.07 Å². The third-order valence-electron chi connectivity index (χ3n) is 3.92. The fraction of sp³-hybridized carbons (Fsp3) is 0.600. The Morgan fingerprint density at radius 3 is 2.83 bits per heavy atom. The first-order valence-electron chi connectivity index (χ1n) is 6.68. The molecule has 1 N–H and O–H groups in total. The number of nitrogens with one attached hydrogen (secondary N) is 1. The van der Waals surface area contributed by atoms with Crippen LogP contribution in [0.4, 0.5) is 0 Å². The van der Waals surface area contributed by atoms with Gasteiger partial charge in [0.15, 0.2) is 0 Å². The van der Waals surface area contributed by atoms with Crippen LogP contribution in [0.5, 0.6) is 0 Å². The zero-order valence-electron chi connectivity index (χ0n) is 11.2. The van der Waals surface area contributed by atoms with E-state index in [1.165, 1.54) is 25.7 Å². The van der Waals surface area contributed by atoms with Crippen LogP contribution in [0.25, 0.3) is 0 Å². The minimum atomic E-state index is 0.504. The summed E-state index contributed by atoms with van der Waals surface area (Å²) >= 11 is 0. The molecular formula is C15H21N3. The lowest BCUT2D eigenvalue weighted by Crippen LogP contribution is -2.35. The van der Waals surface area contributed by atoms with Gasteiger partial charge in [-0.25, -0.2) is 4.98 Å². The standard InChI is InChI=1S/C15H21N3/c1-15(2)7-5-13(6-8-15)18-11-12-4-3-9-17-14(12)10-16/h3-4,9,13,18H,5-8,11H2,1-2H3. The van der Waals surface area contributed by atoms with Gasteiger partial charge in [-0.2, -0.15) is 5.26 Å². The molecule has 0 radical (unpaired) electrons. The van der Waals surface area contributed by atoms with Crippen molar-refractivity contribution in [1.29, 1.82) is 5.26 Å². The first-order valence-corrected chi connectivity index (χ1v) is 6.68. The highest BCUT2D eigenvalue weighted by molar-refractivity contribution is 5.30. The van der Waals surface area contributed by atoms with Gasteiger partial charge < -0.3 is 5.32 Å². The predicted octanol–water partition coefficient (Wildman–Crippen LogP) is 3.01. The molecule has 1 aromatic heterocycles. The largest absolute Gasteiger partial charge is 0.310 e. The quantitative estimate of drug-likeness (QED) is 0.887. The van der Waals surface area contributed by atoms with Crippen molar-refractivity contribution in [3.05, 3.63) is 29.6 Å². The monoisotopic (exact) mass is 243 g/mol. The topological polar surface area (TPSA) is 48.7 Å². The second-order valence-corrected chi connectivity index (χ2v) is 5.94. The van der Waals surface area contributed by atoms with E-state index in [4.69, 9.17) is 5.26 Å². The second-order valence-electron chi connectivity index (χ2n) is 5.94. The molecule has 1 aliphatic rings. The van der Waals surface area contributed by atoms with E-state index < -0.39 is 0 Å². The van der Waals surface area contributed by atoms with Gasteiger partial charge in [0.05, 0.1) is 0 Å². The van der Waals surface area contributed by atoms with Crippen LogP contribution in [0, 0.1) is 16.7 Å². The summed E-state index contributed by atoms with van der Waals surface area (Å²) in [6.07, 6.45) is 6.70. The molecule has 2 rings (SSSR count). The van der Waals surface area contributed by atoms with E-state index in [-0.39, 0.29) is 0 Å². The van der Waals surface area contributed by atoms with Crippen molar-refractivity contribution in [1.82, 2.24) is 10.3 Å². The molecule has 1 saturated carbocycles. The molecule has 1 heterocycles. The summed E-state index contributed by atoms with van der Waals surface area (Å²) in [5.74, 6) is 0. The first-order chi connectivity index (χ1) is 8.61. The Morgan fingerprint density at radius 2 is 2.17 bits per heavy atom. The number of pyridine rings is 1. The van der Waals surface area contributed by atoms with E-state index in [1.807, 2.05) is 12.1 Å². The maximum absolute atomic E-state index is 8.98. The Labute approximate surface area is 109 Å². The van der Waals surface area contributed by atoms with Gasteiger partial charge in [0.2, 0.25) is 0 Å². The number of nitriles is 1. The van der Waals surface area contributed by atoms with Gasteiger partial charge in [-0.15, -0.1) is 0 Å². The second kappa shape index (κ2) is 5.49. The van der Waals surface area contributed by atoms with Crippen molar-refractivity contribution in [2.45, 2.75) is 52.1 Å². The summed E-state index contributed by atoms with van der Waals surface area (Å²) in [6.45, 7) is 5.44. The van der Waals surface area contributed by atoms with Crippen molar-refractivity contribution < 1.29 is 0 Å². The highest BCUT2D eigenvalue weighted by atomic mass is 14.9. The number of rotatable bonds is 3. The van der Waals surface area contributed by atoms with E-state index in [1.54, 1.807) is 6.20 Å². The van der Waals surface area contributed by atoms with Crippen LogP contribution in [0.3, 0.4) is 0 Å². The Hall–Kier alpha value is -1.40. The molecule has 18 heavy (non-hydrogen) atoms. The minimum absolute atomic E-state index is 0.504. The smallest absolute Gasteiger partial charge is 0.144 e. The molecule has 0 amide bonds. The van der Waals surface area contributed by atoms with Gasteiger partial charge in [-0.1, -0.05) is 19.9 Å². The molecule has 1 fully saturated rings. The molecule has 0 aromatic carbocycles. The van der Waals surface area contributed by atoms with E-state index in [0.29, 0.717) is 17.2 Å². The molecule has 3 heteroatoms. The lowest BCUT2D eigenvalue weighted by molar-refractivity contribution is 0.206. The molecule has 1 aromatic rings. The zero-order valence-corrected chi connectivity index (χ0v) is 11.2. The molecule has 0 spiro atoms. The average Bonchev–Trinajstić information content (AvgIpc) is 2.38. The lowest BCUT2D eigenvalue weighted by Gasteiger charge is -2.34. The number of hydrogen-bond donors (Lipinski definition) is 1. The molecule has 0 saturated heterocycles. The summed E-state index contributed by atoms with van der Waals surface area (Å²) in [5.41, 5.74) is 2.05. The van der Waals surface area contributed by atoms with Crippen molar-refractivity contribution in [3.63, 3.8) is 0 Å². The molecule has 0 aliphatic heterocycles. The summed E-state index contributed by atoms with van der Waals surface area (Å²) in [6, 6.07) is 6.60. The highest BCUT2D eigenvalue weighted by Gasteiger charge is 2.26. The summed E-state index contributed by atoms with van der Waals surface area (Å²) in [5, 5.41) is 12.5. The molecule has 0 bridgehead atoms. The molecule has 1 aliphatic carbocycles. The van der Waals surface area contributed by atoms with Gasteiger partial charge in [0.25, 0.3) is 0 Å². The van der Waals surface area contributed by atoms with Gasteiger partial charge >= 0.3 is 0 Å². The minimum Gasteiger partial charge on any atom is -0.310 e. The maximum atomic E-state index is 8.98. The third-order valence-corrected chi connectivity index (χ3v) is 3.92. The Kier molecular flexibility index (Phi) is 3.98. The van der Waals surface area contributed by atoms with Crippen LogP contribution >= 0.6 is 0 Å². The lowest BCUT2D eigenvalue weighted by atomic mass is 9.75. The number of aromatic nitrogens is 1. The van der Waals surface area contributed by atoms with Gasteiger partial charge in [0, 0.05) is 24.3 Å².